The Morgan fingerprint density at radius 1 is 1.54 bits per heavy atom. The van der Waals surface area contributed by atoms with Crippen LogP contribution in [-0.4, -0.2) is 16.6 Å². The molecule has 72 valence electrons. The van der Waals surface area contributed by atoms with E-state index in [1.165, 1.54) is 0 Å². The first-order chi connectivity index (χ1) is 6.29. The molecule has 2 unspecified atom stereocenters. The van der Waals surface area contributed by atoms with Crippen molar-refractivity contribution in [3.63, 3.8) is 0 Å². The van der Waals surface area contributed by atoms with Crippen molar-refractivity contribution in [2.24, 2.45) is 11.7 Å². The number of nitrogens with two attached hydrogens (primary N) is 1. The van der Waals surface area contributed by atoms with Crippen molar-refractivity contribution in [3.8, 4) is 0 Å². The van der Waals surface area contributed by atoms with E-state index in [0.717, 1.165) is 6.42 Å². The average molecular weight is 180 g/mol. The summed E-state index contributed by atoms with van der Waals surface area (Å²) in [5, 5.41) is 9.84. The van der Waals surface area contributed by atoms with E-state index in [-0.39, 0.29) is 5.92 Å². The second-order valence-electron chi connectivity index (χ2n) is 3.10. The number of hydrogen-bond acceptors (Lipinski definition) is 3. The van der Waals surface area contributed by atoms with Crippen LogP contribution in [0.15, 0.2) is 24.4 Å². The van der Waals surface area contributed by atoms with E-state index in [1.54, 1.807) is 6.20 Å². The normalized spacial score (nSPS) is 15.3. The predicted molar refractivity (Wildman–Crippen MR) is 52.0 cm³/mol. The molecule has 3 N–H and O–H groups in total. The van der Waals surface area contributed by atoms with Gasteiger partial charge >= 0.3 is 0 Å². The van der Waals surface area contributed by atoms with Gasteiger partial charge in [-0.2, -0.15) is 0 Å². The van der Waals surface area contributed by atoms with Gasteiger partial charge in [-0.3, -0.25) is 4.98 Å². The van der Waals surface area contributed by atoms with E-state index >= 15 is 0 Å². The molecule has 0 amide bonds. The average Bonchev–Trinajstić information content (AvgIpc) is 2.21. The highest BCUT2D eigenvalue weighted by Crippen LogP contribution is 2.21. The molecule has 1 aromatic rings. The molecule has 3 heteroatoms. The molecule has 1 heterocycles. The predicted octanol–water partition coefficient (Wildman–Crippen LogP) is 1.10. The van der Waals surface area contributed by atoms with Crippen LogP contribution in [0.3, 0.4) is 0 Å². The maximum absolute atomic E-state index is 9.84. The lowest BCUT2D eigenvalue weighted by atomic mass is 9.97. The first kappa shape index (κ1) is 10.2. The first-order valence-corrected chi connectivity index (χ1v) is 4.58. The Morgan fingerprint density at radius 2 is 2.31 bits per heavy atom. The van der Waals surface area contributed by atoms with Crippen molar-refractivity contribution < 1.29 is 5.11 Å². The molecular formula is C10H16N2O. The molecule has 0 aliphatic heterocycles. The smallest absolute Gasteiger partial charge is 0.0999 e. The van der Waals surface area contributed by atoms with Gasteiger partial charge in [-0.1, -0.05) is 13.0 Å². The van der Waals surface area contributed by atoms with Crippen molar-refractivity contribution in [2.45, 2.75) is 19.4 Å². The van der Waals surface area contributed by atoms with Crippen molar-refractivity contribution in [1.29, 1.82) is 0 Å². The number of pyridine rings is 1. The molecule has 0 aromatic carbocycles. The zero-order chi connectivity index (χ0) is 9.68. The van der Waals surface area contributed by atoms with Crippen molar-refractivity contribution in [2.75, 3.05) is 6.54 Å². The maximum atomic E-state index is 9.84. The first-order valence-electron chi connectivity index (χ1n) is 4.58. The standard InChI is InChI=1S/C10H16N2O/c1-2-8(7-11)10(13)9-5-3-4-6-12-9/h3-6,8,10,13H,2,7,11H2,1H3. The van der Waals surface area contributed by atoms with Crippen LogP contribution in [0, 0.1) is 5.92 Å². The molecule has 3 nitrogen and oxygen atoms in total. The van der Waals surface area contributed by atoms with Crippen LogP contribution >= 0.6 is 0 Å². The highest BCUT2D eigenvalue weighted by molar-refractivity contribution is 5.07. The van der Waals surface area contributed by atoms with Gasteiger partial charge in [0.2, 0.25) is 0 Å². The number of hydrogen-bond donors (Lipinski definition) is 2. The second-order valence-corrected chi connectivity index (χ2v) is 3.10. The molecule has 13 heavy (non-hydrogen) atoms. The van der Waals surface area contributed by atoms with Crippen molar-refractivity contribution >= 4 is 0 Å². The zero-order valence-electron chi connectivity index (χ0n) is 7.85. The van der Waals surface area contributed by atoms with Gasteiger partial charge in [0, 0.05) is 12.1 Å². The van der Waals surface area contributed by atoms with E-state index in [4.69, 9.17) is 5.73 Å². The number of aliphatic hydroxyl groups excluding tert-OH is 1. The molecule has 0 spiro atoms. The lowest BCUT2D eigenvalue weighted by Crippen LogP contribution is -2.21. The lowest BCUT2D eigenvalue weighted by Gasteiger charge is -2.18. The topological polar surface area (TPSA) is 59.1 Å². The van der Waals surface area contributed by atoms with Crippen LogP contribution < -0.4 is 5.73 Å². The third kappa shape index (κ3) is 2.50. The molecule has 1 rings (SSSR count). The molecule has 0 aliphatic carbocycles. The number of aromatic nitrogens is 1. The molecule has 0 saturated heterocycles. The summed E-state index contributed by atoms with van der Waals surface area (Å²) in [6.45, 7) is 2.51. The quantitative estimate of drug-likeness (QED) is 0.729. The number of rotatable bonds is 4. The minimum atomic E-state index is -0.531. The van der Waals surface area contributed by atoms with Crippen LogP contribution in [0.2, 0.25) is 0 Å². The molecule has 0 saturated carbocycles. The Kier molecular flexibility index (Phi) is 3.86. The van der Waals surface area contributed by atoms with Gasteiger partial charge in [-0.15, -0.1) is 0 Å². The Morgan fingerprint density at radius 3 is 2.77 bits per heavy atom. The fraction of sp³-hybridized carbons (Fsp3) is 0.500. The Hall–Kier alpha value is -0.930. The summed E-state index contributed by atoms with van der Waals surface area (Å²) in [5.74, 6) is 0.106. The lowest BCUT2D eigenvalue weighted by molar-refractivity contribution is 0.106. The highest BCUT2D eigenvalue weighted by atomic mass is 16.3. The Labute approximate surface area is 78.6 Å². The molecule has 2 atom stereocenters. The van der Waals surface area contributed by atoms with Gasteiger partial charge in [0.15, 0.2) is 0 Å². The molecule has 0 radical (unpaired) electrons. The Balaban J connectivity index is 2.72. The van der Waals surface area contributed by atoms with Crippen LogP contribution in [0.4, 0.5) is 0 Å². The van der Waals surface area contributed by atoms with Crippen LogP contribution in [0.25, 0.3) is 0 Å². The molecule has 0 aliphatic rings. The minimum Gasteiger partial charge on any atom is -0.386 e. The number of nitrogens with zero attached hydrogens (tertiary/aromatic N) is 1. The fourth-order valence-electron chi connectivity index (χ4n) is 1.31. The van der Waals surface area contributed by atoms with Crippen LogP contribution in [-0.2, 0) is 0 Å². The monoisotopic (exact) mass is 180 g/mol. The molecular weight excluding hydrogens is 164 g/mol. The van der Waals surface area contributed by atoms with E-state index in [9.17, 15) is 5.11 Å². The van der Waals surface area contributed by atoms with Crippen LogP contribution in [0.1, 0.15) is 25.1 Å². The van der Waals surface area contributed by atoms with Gasteiger partial charge in [-0.25, -0.2) is 0 Å². The maximum Gasteiger partial charge on any atom is 0.0999 e. The minimum absolute atomic E-state index is 0.106. The van der Waals surface area contributed by atoms with Gasteiger partial charge in [-0.05, 0) is 25.1 Å². The summed E-state index contributed by atoms with van der Waals surface area (Å²) in [4.78, 5) is 4.09. The third-order valence-electron chi connectivity index (χ3n) is 2.26. The fourth-order valence-corrected chi connectivity index (χ4v) is 1.31. The zero-order valence-corrected chi connectivity index (χ0v) is 7.85. The van der Waals surface area contributed by atoms with E-state index in [0.29, 0.717) is 12.2 Å². The van der Waals surface area contributed by atoms with Gasteiger partial charge < -0.3 is 10.8 Å². The highest BCUT2D eigenvalue weighted by Gasteiger charge is 2.18. The van der Waals surface area contributed by atoms with E-state index in [1.807, 2.05) is 25.1 Å². The van der Waals surface area contributed by atoms with Gasteiger partial charge in [0.05, 0.1) is 11.8 Å². The van der Waals surface area contributed by atoms with E-state index < -0.39 is 6.10 Å². The Bertz CT molecular complexity index is 234. The summed E-state index contributed by atoms with van der Waals surface area (Å²) in [6.07, 6.45) is 2.02. The summed E-state index contributed by atoms with van der Waals surface area (Å²) < 4.78 is 0. The van der Waals surface area contributed by atoms with Crippen LogP contribution in [0.5, 0.6) is 0 Å². The third-order valence-corrected chi connectivity index (χ3v) is 2.26. The summed E-state index contributed by atoms with van der Waals surface area (Å²) in [5.41, 5.74) is 6.24. The van der Waals surface area contributed by atoms with Gasteiger partial charge in [0.1, 0.15) is 0 Å². The number of aliphatic hydroxyl groups is 1. The summed E-state index contributed by atoms with van der Waals surface area (Å²) >= 11 is 0. The van der Waals surface area contributed by atoms with Gasteiger partial charge in [0.25, 0.3) is 0 Å². The summed E-state index contributed by atoms with van der Waals surface area (Å²) in [6, 6.07) is 5.53. The SMILES string of the molecule is CCC(CN)C(O)c1ccccn1. The second kappa shape index (κ2) is 4.94. The van der Waals surface area contributed by atoms with Crippen molar-refractivity contribution in [1.82, 2.24) is 4.98 Å². The largest absolute Gasteiger partial charge is 0.386 e. The molecule has 0 bridgehead atoms. The molecule has 0 fully saturated rings. The molecule has 1 aromatic heterocycles. The van der Waals surface area contributed by atoms with E-state index in [2.05, 4.69) is 4.98 Å². The van der Waals surface area contributed by atoms with Crippen molar-refractivity contribution in [3.05, 3.63) is 30.1 Å². The summed E-state index contributed by atoms with van der Waals surface area (Å²) in [7, 11) is 0.